The highest BCUT2D eigenvalue weighted by molar-refractivity contribution is 6.06. The van der Waals surface area contributed by atoms with E-state index >= 15 is 0 Å². The maximum atomic E-state index is 13.1. The van der Waals surface area contributed by atoms with E-state index in [1.165, 1.54) is 21.3 Å². The quantitative estimate of drug-likeness (QED) is 0.361. The fraction of sp³-hybridized carbons (Fsp3) is 0.310. The third-order valence-electron chi connectivity index (χ3n) is 6.21. The van der Waals surface area contributed by atoms with Crippen LogP contribution in [0.3, 0.4) is 0 Å². The van der Waals surface area contributed by atoms with Crippen molar-refractivity contribution in [2.75, 3.05) is 51.3 Å². The summed E-state index contributed by atoms with van der Waals surface area (Å²) >= 11 is 0. The summed E-state index contributed by atoms with van der Waals surface area (Å²) in [5.74, 6) is 2.10. The van der Waals surface area contributed by atoms with Crippen LogP contribution in [0.15, 0.2) is 54.6 Å². The topological polar surface area (TPSA) is 95.6 Å². The molecule has 1 N–H and O–H groups in total. The lowest BCUT2D eigenvalue weighted by Gasteiger charge is -2.30. The predicted molar refractivity (Wildman–Crippen MR) is 144 cm³/mol. The summed E-state index contributed by atoms with van der Waals surface area (Å²) in [7, 11) is 4.48. The molecule has 0 unspecified atom stereocenters. The zero-order valence-corrected chi connectivity index (χ0v) is 22.0. The van der Waals surface area contributed by atoms with Gasteiger partial charge < -0.3 is 33.9 Å². The molecule has 9 nitrogen and oxygen atoms in total. The number of methoxy groups -OCH3 is 3. The highest BCUT2D eigenvalue weighted by Gasteiger charge is 2.26. The highest BCUT2D eigenvalue weighted by atomic mass is 16.5. The average molecular weight is 521 g/mol. The fourth-order valence-corrected chi connectivity index (χ4v) is 4.21. The average Bonchev–Trinajstić information content (AvgIpc) is 2.93. The van der Waals surface area contributed by atoms with Gasteiger partial charge in [0.15, 0.2) is 18.1 Å². The van der Waals surface area contributed by atoms with Crippen LogP contribution in [0.2, 0.25) is 0 Å². The van der Waals surface area contributed by atoms with Crippen LogP contribution in [0.4, 0.5) is 11.4 Å². The van der Waals surface area contributed by atoms with E-state index in [1.807, 2.05) is 31.2 Å². The molecule has 0 aliphatic carbocycles. The Labute approximate surface area is 222 Å². The Morgan fingerprint density at radius 1 is 0.947 bits per heavy atom. The Hall–Kier alpha value is -4.40. The number of rotatable bonds is 11. The van der Waals surface area contributed by atoms with Crippen molar-refractivity contribution in [3.8, 4) is 28.7 Å². The van der Waals surface area contributed by atoms with Crippen molar-refractivity contribution in [3.63, 3.8) is 0 Å². The number of carbonyl (C=O) groups is 2. The summed E-state index contributed by atoms with van der Waals surface area (Å²) in [6.07, 6.45) is 1.53. The van der Waals surface area contributed by atoms with E-state index in [-0.39, 0.29) is 18.4 Å². The normalized spacial score (nSPS) is 12.3. The molecular weight excluding hydrogens is 488 g/mol. The molecule has 0 atom stereocenters. The van der Waals surface area contributed by atoms with Crippen LogP contribution >= 0.6 is 0 Å². The molecule has 3 aromatic rings. The third-order valence-corrected chi connectivity index (χ3v) is 6.21. The van der Waals surface area contributed by atoms with Crippen LogP contribution in [-0.4, -0.2) is 52.9 Å². The molecule has 9 heteroatoms. The first-order valence-electron chi connectivity index (χ1n) is 12.3. The second kappa shape index (κ2) is 12.2. The number of nitrogens with zero attached hydrogens (tertiary/aromatic N) is 1. The van der Waals surface area contributed by atoms with Gasteiger partial charge in [-0.25, -0.2) is 0 Å². The van der Waals surface area contributed by atoms with E-state index in [0.717, 1.165) is 24.2 Å². The maximum Gasteiger partial charge on any atom is 0.265 e. The summed E-state index contributed by atoms with van der Waals surface area (Å²) in [5.41, 5.74) is 2.55. The number of para-hydroxylation sites is 1. The molecule has 1 aliphatic heterocycles. The first-order valence-corrected chi connectivity index (χ1v) is 12.3. The van der Waals surface area contributed by atoms with Crippen molar-refractivity contribution in [2.24, 2.45) is 0 Å². The lowest BCUT2D eigenvalue weighted by Crippen LogP contribution is -2.39. The number of benzene rings is 3. The van der Waals surface area contributed by atoms with Gasteiger partial charge in [0.05, 0.1) is 33.6 Å². The number of ether oxygens (including phenoxy) is 5. The first-order chi connectivity index (χ1) is 18.4. The van der Waals surface area contributed by atoms with Crippen molar-refractivity contribution >= 4 is 23.2 Å². The van der Waals surface area contributed by atoms with Crippen LogP contribution in [0.25, 0.3) is 0 Å². The molecule has 0 saturated heterocycles. The van der Waals surface area contributed by atoms with E-state index in [9.17, 15) is 9.59 Å². The molecule has 0 fully saturated rings. The molecule has 1 aliphatic rings. The van der Waals surface area contributed by atoms with Gasteiger partial charge in [0, 0.05) is 17.8 Å². The molecule has 0 spiro atoms. The summed E-state index contributed by atoms with van der Waals surface area (Å²) in [5, 5.41) is 2.88. The fourth-order valence-electron chi connectivity index (χ4n) is 4.21. The van der Waals surface area contributed by atoms with Crippen LogP contribution in [-0.2, 0) is 4.79 Å². The van der Waals surface area contributed by atoms with Gasteiger partial charge in [-0.05, 0) is 61.7 Å². The Balaban J connectivity index is 1.43. The molecule has 3 aromatic carbocycles. The van der Waals surface area contributed by atoms with Gasteiger partial charge in [0.25, 0.3) is 11.8 Å². The number of anilines is 2. The molecule has 4 rings (SSSR count). The smallest absolute Gasteiger partial charge is 0.265 e. The number of carbonyl (C=O) groups excluding carboxylic acids is 2. The van der Waals surface area contributed by atoms with E-state index in [1.54, 1.807) is 35.2 Å². The molecule has 0 radical (unpaired) electrons. The largest absolute Gasteiger partial charge is 0.493 e. The van der Waals surface area contributed by atoms with Crippen molar-refractivity contribution < 1.29 is 33.3 Å². The van der Waals surface area contributed by atoms with Gasteiger partial charge >= 0.3 is 0 Å². The van der Waals surface area contributed by atoms with Gasteiger partial charge in [-0.15, -0.1) is 0 Å². The van der Waals surface area contributed by atoms with Gasteiger partial charge in [0.2, 0.25) is 5.75 Å². The monoisotopic (exact) mass is 520 g/mol. The number of unbranched alkanes of at least 4 members (excludes halogenated alkanes) is 1. The van der Waals surface area contributed by atoms with Gasteiger partial charge in [0.1, 0.15) is 11.5 Å². The molecule has 0 aromatic heterocycles. The lowest BCUT2D eigenvalue weighted by atomic mass is 10.1. The Morgan fingerprint density at radius 3 is 2.37 bits per heavy atom. The van der Waals surface area contributed by atoms with Crippen LogP contribution in [0.5, 0.6) is 28.7 Å². The third kappa shape index (κ3) is 5.94. The SMILES string of the molecule is COc1cc(C(=O)Nc2ccc3c(c2)N(CCCCOc2ccccc2C)C(=O)CO3)cc(OC)c1OC. The van der Waals surface area contributed by atoms with Crippen molar-refractivity contribution in [1.82, 2.24) is 0 Å². The Bertz CT molecular complexity index is 1280. The maximum absolute atomic E-state index is 13.1. The number of hydrogen-bond donors (Lipinski definition) is 1. The second-order valence-corrected chi connectivity index (χ2v) is 8.71. The lowest BCUT2D eigenvalue weighted by molar-refractivity contribution is -0.121. The van der Waals surface area contributed by atoms with Crippen molar-refractivity contribution in [3.05, 3.63) is 65.7 Å². The number of nitrogens with one attached hydrogen (secondary N) is 1. The minimum Gasteiger partial charge on any atom is -0.493 e. The van der Waals surface area contributed by atoms with E-state index in [2.05, 4.69) is 5.32 Å². The van der Waals surface area contributed by atoms with Gasteiger partial charge in [-0.3, -0.25) is 9.59 Å². The van der Waals surface area contributed by atoms with E-state index in [4.69, 9.17) is 23.7 Å². The zero-order valence-electron chi connectivity index (χ0n) is 22.0. The van der Waals surface area contributed by atoms with Crippen LogP contribution in [0.1, 0.15) is 28.8 Å². The first kappa shape index (κ1) is 26.7. The van der Waals surface area contributed by atoms with Crippen molar-refractivity contribution in [1.29, 1.82) is 0 Å². The van der Waals surface area contributed by atoms with Gasteiger partial charge in [-0.1, -0.05) is 18.2 Å². The molecule has 0 saturated carbocycles. The van der Waals surface area contributed by atoms with Crippen LogP contribution in [0, 0.1) is 6.92 Å². The number of amides is 2. The second-order valence-electron chi connectivity index (χ2n) is 8.71. The standard InChI is InChI=1S/C29H32N2O7/c1-19-9-5-6-10-23(19)37-14-8-7-13-31-22-17-21(11-12-24(22)38-18-27(31)32)30-29(33)20-15-25(34-2)28(36-4)26(16-20)35-3/h5-6,9-12,15-17H,7-8,13-14,18H2,1-4H3,(H,30,33). The molecular formula is C29H32N2O7. The Morgan fingerprint density at radius 2 is 1.68 bits per heavy atom. The molecule has 200 valence electrons. The van der Waals surface area contributed by atoms with Gasteiger partial charge in [-0.2, -0.15) is 0 Å². The molecule has 1 heterocycles. The predicted octanol–water partition coefficient (Wildman–Crippen LogP) is 4.86. The minimum atomic E-state index is -0.368. The van der Waals surface area contributed by atoms with Crippen molar-refractivity contribution in [2.45, 2.75) is 19.8 Å². The number of hydrogen-bond acceptors (Lipinski definition) is 7. The number of aryl methyl sites for hydroxylation is 1. The molecule has 0 bridgehead atoms. The Kier molecular flexibility index (Phi) is 8.58. The summed E-state index contributed by atoms with van der Waals surface area (Å²) in [6, 6.07) is 16.3. The number of fused-ring (bicyclic) bond motifs is 1. The summed E-state index contributed by atoms with van der Waals surface area (Å²) in [6.45, 7) is 3.05. The highest BCUT2D eigenvalue weighted by Crippen LogP contribution is 2.39. The molecule has 2 amide bonds. The van der Waals surface area contributed by atoms with E-state index < -0.39 is 0 Å². The summed E-state index contributed by atoms with van der Waals surface area (Å²) in [4.78, 5) is 27.4. The summed E-state index contributed by atoms with van der Waals surface area (Å²) < 4.78 is 27.5. The minimum absolute atomic E-state index is 0.0240. The van der Waals surface area contributed by atoms with Crippen LogP contribution < -0.4 is 33.9 Å². The zero-order chi connectivity index (χ0) is 27.1. The molecule has 38 heavy (non-hydrogen) atoms. The van der Waals surface area contributed by atoms with E-state index in [0.29, 0.717) is 53.1 Å².